The molecule has 1 heterocycles. The maximum absolute atomic E-state index is 6.02. The van der Waals surface area contributed by atoms with Crippen molar-refractivity contribution in [2.75, 3.05) is 13.2 Å². The highest BCUT2D eigenvalue weighted by atomic mass is 35.5. The average Bonchev–Trinajstić information content (AvgIpc) is 2.49. The first-order valence-corrected chi connectivity index (χ1v) is 7.62. The summed E-state index contributed by atoms with van der Waals surface area (Å²) in [4.78, 5) is 3.99. The smallest absolute Gasteiger partial charge is 0.137 e. The fourth-order valence-corrected chi connectivity index (χ4v) is 2.24. The number of hydrogen-bond donors (Lipinski definition) is 0. The summed E-state index contributed by atoms with van der Waals surface area (Å²) >= 11 is 11.9. The van der Waals surface area contributed by atoms with Gasteiger partial charge in [-0.05, 0) is 49.6 Å². The summed E-state index contributed by atoms with van der Waals surface area (Å²) in [6.45, 7) is 1.32. The molecule has 0 spiro atoms. The third-order valence-electron chi connectivity index (χ3n) is 2.84. The lowest BCUT2D eigenvalue weighted by Gasteiger charge is -2.08. The monoisotopic (exact) mass is 325 g/mol. The van der Waals surface area contributed by atoms with Crippen LogP contribution in [0.15, 0.2) is 42.7 Å². The summed E-state index contributed by atoms with van der Waals surface area (Å²) in [5.74, 6) is 1.48. The Morgan fingerprint density at radius 3 is 2.48 bits per heavy atom. The van der Waals surface area contributed by atoms with Gasteiger partial charge in [-0.3, -0.25) is 4.98 Å². The first-order chi connectivity index (χ1) is 10.3. The number of halogens is 2. The fraction of sp³-hybridized carbons (Fsp3) is 0.312. The predicted molar refractivity (Wildman–Crippen MR) is 85.5 cm³/mol. The van der Waals surface area contributed by atoms with Crippen molar-refractivity contribution >= 4 is 23.2 Å². The standard InChI is InChI=1S/C16H17Cl2NO2/c17-13-6-7-16(15(18)11-13)21-10-3-1-2-9-20-14-5-4-8-19-12-14/h4-8,11-12H,1-3,9-10H2. The molecule has 0 radical (unpaired) electrons. The van der Waals surface area contributed by atoms with Crippen LogP contribution in [0.4, 0.5) is 0 Å². The summed E-state index contributed by atoms with van der Waals surface area (Å²) in [6, 6.07) is 9.00. The lowest BCUT2D eigenvalue weighted by Crippen LogP contribution is -2.01. The highest BCUT2D eigenvalue weighted by Gasteiger charge is 2.02. The Kier molecular flexibility index (Phi) is 6.64. The summed E-state index contributed by atoms with van der Waals surface area (Å²) < 4.78 is 11.2. The highest BCUT2D eigenvalue weighted by molar-refractivity contribution is 6.35. The molecule has 0 bridgehead atoms. The van der Waals surface area contributed by atoms with E-state index in [1.54, 1.807) is 30.6 Å². The van der Waals surface area contributed by atoms with Gasteiger partial charge in [0.25, 0.3) is 0 Å². The van der Waals surface area contributed by atoms with E-state index in [1.807, 2.05) is 12.1 Å². The normalized spacial score (nSPS) is 10.4. The Balaban J connectivity index is 1.56. The molecular weight excluding hydrogens is 309 g/mol. The van der Waals surface area contributed by atoms with E-state index in [9.17, 15) is 0 Å². The van der Waals surface area contributed by atoms with E-state index >= 15 is 0 Å². The average molecular weight is 326 g/mol. The van der Waals surface area contributed by atoms with Gasteiger partial charge >= 0.3 is 0 Å². The number of hydrogen-bond acceptors (Lipinski definition) is 3. The molecule has 2 aromatic rings. The van der Waals surface area contributed by atoms with Crippen LogP contribution in [0.5, 0.6) is 11.5 Å². The minimum absolute atomic E-state index is 0.544. The van der Waals surface area contributed by atoms with E-state index < -0.39 is 0 Å². The van der Waals surface area contributed by atoms with Crippen LogP contribution in [-0.2, 0) is 0 Å². The number of aromatic nitrogens is 1. The maximum atomic E-state index is 6.02. The van der Waals surface area contributed by atoms with Crippen molar-refractivity contribution in [2.45, 2.75) is 19.3 Å². The molecule has 0 N–H and O–H groups in total. The van der Waals surface area contributed by atoms with Crippen LogP contribution in [0.25, 0.3) is 0 Å². The Morgan fingerprint density at radius 2 is 1.76 bits per heavy atom. The molecule has 0 aliphatic heterocycles. The first-order valence-electron chi connectivity index (χ1n) is 6.86. The molecule has 5 heteroatoms. The Bertz CT molecular complexity index is 549. The maximum Gasteiger partial charge on any atom is 0.137 e. The minimum atomic E-state index is 0.544. The van der Waals surface area contributed by atoms with Crippen molar-refractivity contribution < 1.29 is 9.47 Å². The molecular formula is C16H17Cl2NO2. The molecule has 1 aromatic heterocycles. The number of unbranched alkanes of at least 4 members (excludes halogenated alkanes) is 2. The van der Waals surface area contributed by atoms with Crippen molar-refractivity contribution in [3.63, 3.8) is 0 Å². The van der Waals surface area contributed by atoms with Crippen LogP contribution in [-0.4, -0.2) is 18.2 Å². The van der Waals surface area contributed by atoms with Crippen molar-refractivity contribution in [2.24, 2.45) is 0 Å². The molecule has 0 saturated carbocycles. The SMILES string of the molecule is Clc1ccc(OCCCCCOc2cccnc2)c(Cl)c1. The van der Waals surface area contributed by atoms with Gasteiger partial charge in [-0.2, -0.15) is 0 Å². The summed E-state index contributed by atoms with van der Waals surface area (Å²) in [5, 5.41) is 1.15. The summed E-state index contributed by atoms with van der Waals surface area (Å²) in [6.07, 6.45) is 6.41. The van der Waals surface area contributed by atoms with Gasteiger partial charge in [0.15, 0.2) is 0 Å². The molecule has 1 aromatic carbocycles. The zero-order valence-electron chi connectivity index (χ0n) is 11.6. The van der Waals surface area contributed by atoms with Crippen LogP contribution < -0.4 is 9.47 Å². The van der Waals surface area contributed by atoms with Crippen LogP contribution in [0, 0.1) is 0 Å². The lowest BCUT2D eigenvalue weighted by atomic mass is 10.2. The van der Waals surface area contributed by atoms with Crippen LogP contribution >= 0.6 is 23.2 Å². The van der Waals surface area contributed by atoms with E-state index in [1.165, 1.54) is 0 Å². The van der Waals surface area contributed by atoms with Gasteiger partial charge in [0, 0.05) is 11.2 Å². The Labute approximate surface area is 134 Å². The molecule has 0 aliphatic carbocycles. The molecule has 3 nitrogen and oxygen atoms in total. The molecule has 0 atom stereocenters. The van der Waals surface area contributed by atoms with Gasteiger partial charge in [0.1, 0.15) is 11.5 Å². The predicted octanol–water partition coefficient (Wildman–Crippen LogP) is 5.02. The number of pyridine rings is 1. The van der Waals surface area contributed by atoms with E-state index in [-0.39, 0.29) is 0 Å². The Hall–Kier alpha value is -1.45. The zero-order valence-corrected chi connectivity index (χ0v) is 13.1. The second-order valence-electron chi connectivity index (χ2n) is 4.52. The minimum Gasteiger partial charge on any atom is -0.492 e. The summed E-state index contributed by atoms with van der Waals surface area (Å²) in [7, 11) is 0. The van der Waals surface area contributed by atoms with Crippen molar-refractivity contribution in [3.8, 4) is 11.5 Å². The quantitative estimate of drug-likeness (QED) is 0.639. The topological polar surface area (TPSA) is 31.4 Å². The van der Waals surface area contributed by atoms with Crippen LogP contribution in [0.1, 0.15) is 19.3 Å². The number of rotatable bonds is 8. The largest absolute Gasteiger partial charge is 0.492 e. The Morgan fingerprint density at radius 1 is 0.952 bits per heavy atom. The van der Waals surface area contributed by atoms with Crippen LogP contribution in [0.2, 0.25) is 10.0 Å². The summed E-state index contributed by atoms with van der Waals surface area (Å²) in [5.41, 5.74) is 0. The number of nitrogens with zero attached hydrogens (tertiary/aromatic N) is 1. The van der Waals surface area contributed by atoms with Gasteiger partial charge in [-0.25, -0.2) is 0 Å². The van der Waals surface area contributed by atoms with E-state index in [2.05, 4.69) is 4.98 Å². The molecule has 21 heavy (non-hydrogen) atoms. The molecule has 0 saturated heterocycles. The van der Waals surface area contributed by atoms with Crippen LogP contribution in [0.3, 0.4) is 0 Å². The lowest BCUT2D eigenvalue weighted by molar-refractivity contribution is 0.279. The third-order valence-corrected chi connectivity index (χ3v) is 3.37. The molecule has 0 unspecified atom stereocenters. The van der Waals surface area contributed by atoms with E-state index in [4.69, 9.17) is 32.7 Å². The second-order valence-corrected chi connectivity index (χ2v) is 5.36. The molecule has 112 valence electrons. The van der Waals surface area contributed by atoms with Gasteiger partial charge in [-0.15, -0.1) is 0 Å². The fourth-order valence-electron chi connectivity index (χ4n) is 1.78. The number of ether oxygens (including phenoxy) is 2. The van der Waals surface area contributed by atoms with E-state index in [0.29, 0.717) is 29.0 Å². The molecule has 0 aliphatic rings. The van der Waals surface area contributed by atoms with Crippen molar-refractivity contribution in [3.05, 3.63) is 52.8 Å². The molecule has 0 amide bonds. The van der Waals surface area contributed by atoms with Gasteiger partial charge < -0.3 is 9.47 Å². The first kappa shape index (κ1) is 15.9. The zero-order chi connectivity index (χ0) is 14.9. The van der Waals surface area contributed by atoms with Crippen molar-refractivity contribution in [1.29, 1.82) is 0 Å². The van der Waals surface area contributed by atoms with Gasteiger partial charge in [-0.1, -0.05) is 23.2 Å². The highest BCUT2D eigenvalue weighted by Crippen LogP contribution is 2.27. The number of benzene rings is 1. The second kappa shape index (κ2) is 8.75. The van der Waals surface area contributed by atoms with E-state index in [0.717, 1.165) is 25.0 Å². The van der Waals surface area contributed by atoms with Gasteiger partial charge in [0.05, 0.1) is 24.4 Å². The van der Waals surface area contributed by atoms with Gasteiger partial charge in [0.2, 0.25) is 0 Å². The third kappa shape index (κ3) is 5.82. The molecule has 2 rings (SSSR count). The molecule has 0 fully saturated rings. The van der Waals surface area contributed by atoms with Crippen molar-refractivity contribution in [1.82, 2.24) is 4.98 Å².